The number of nitrogens with one attached hydrogen (secondary N) is 1. The summed E-state index contributed by atoms with van der Waals surface area (Å²) in [5.41, 5.74) is 3.85. The second-order valence-corrected chi connectivity index (χ2v) is 11.2. The van der Waals surface area contributed by atoms with Gasteiger partial charge in [0.05, 0.1) is 12.0 Å². The first kappa shape index (κ1) is 23.9. The number of benzene rings is 2. The Bertz CT molecular complexity index is 1080. The zero-order valence-corrected chi connectivity index (χ0v) is 20.9. The Kier molecular flexibility index (Phi) is 6.47. The van der Waals surface area contributed by atoms with Crippen LogP contribution in [-0.4, -0.2) is 23.3 Å². The van der Waals surface area contributed by atoms with Crippen LogP contribution in [-0.2, 0) is 15.6 Å². The number of aliphatic imine (C=N–C) groups is 1. The summed E-state index contributed by atoms with van der Waals surface area (Å²) < 4.78 is 5.39. The first-order valence-corrected chi connectivity index (χ1v) is 11.4. The highest BCUT2D eigenvalue weighted by atomic mass is 32.2. The van der Waals surface area contributed by atoms with Crippen LogP contribution in [0, 0.1) is 6.92 Å². The quantitative estimate of drug-likeness (QED) is 0.544. The molecule has 32 heavy (non-hydrogen) atoms. The van der Waals surface area contributed by atoms with Gasteiger partial charge in [0.2, 0.25) is 0 Å². The van der Waals surface area contributed by atoms with Crippen LogP contribution in [0.1, 0.15) is 63.8 Å². The third-order valence-electron chi connectivity index (χ3n) is 5.25. The molecule has 1 amide bonds. The summed E-state index contributed by atoms with van der Waals surface area (Å²) >= 11 is 1.30. The molecule has 1 aliphatic rings. The molecule has 1 heterocycles. The van der Waals surface area contributed by atoms with Crippen molar-refractivity contribution in [2.45, 2.75) is 59.3 Å². The molecule has 0 atom stereocenters. The molecule has 5 nitrogen and oxygen atoms in total. The Balaban J connectivity index is 2.03. The Labute approximate surface area is 195 Å². The molecule has 1 saturated heterocycles. The Morgan fingerprint density at radius 2 is 1.62 bits per heavy atom. The number of rotatable bonds is 3. The number of phenols is 1. The van der Waals surface area contributed by atoms with Crippen LogP contribution in [0.3, 0.4) is 0 Å². The van der Waals surface area contributed by atoms with Crippen molar-refractivity contribution in [2.24, 2.45) is 4.99 Å². The lowest BCUT2D eigenvalue weighted by Gasteiger charge is -2.28. The minimum absolute atomic E-state index is 0.192. The summed E-state index contributed by atoms with van der Waals surface area (Å²) in [6.07, 6.45) is 1.86. The largest absolute Gasteiger partial charge is 0.507 e. The number of phenolic OH excluding ortho intramolecular Hbond substituents is 1. The third kappa shape index (κ3) is 5.18. The lowest BCUT2D eigenvalue weighted by Crippen LogP contribution is -2.19. The summed E-state index contributed by atoms with van der Waals surface area (Å²) in [7, 11) is 1.60. The molecule has 0 unspecified atom stereocenters. The molecule has 1 aliphatic heterocycles. The normalized spacial score (nSPS) is 17.2. The maximum atomic E-state index is 12.7. The molecule has 0 bridgehead atoms. The number of aryl methyl sites for hydroxylation is 1. The smallest absolute Gasteiger partial charge is 0.264 e. The van der Waals surface area contributed by atoms with Gasteiger partial charge in [0.1, 0.15) is 17.2 Å². The van der Waals surface area contributed by atoms with Crippen LogP contribution in [0.15, 0.2) is 40.2 Å². The fraction of sp³-hybridized carbons (Fsp3) is 0.385. The second kappa shape index (κ2) is 8.66. The van der Waals surface area contributed by atoms with Gasteiger partial charge in [-0.05, 0) is 71.0 Å². The van der Waals surface area contributed by atoms with Crippen molar-refractivity contribution in [1.82, 2.24) is 5.32 Å². The Morgan fingerprint density at radius 1 is 1.03 bits per heavy atom. The Morgan fingerprint density at radius 3 is 2.16 bits per heavy atom. The van der Waals surface area contributed by atoms with E-state index in [-0.39, 0.29) is 16.7 Å². The van der Waals surface area contributed by atoms with Gasteiger partial charge in [0.25, 0.3) is 5.91 Å². The van der Waals surface area contributed by atoms with Crippen molar-refractivity contribution in [3.8, 4) is 11.5 Å². The fourth-order valence-corrected chi connectivity index (χ4v) is 4.35. The number of amides is 1. The van der Waals surface area contributed by atoms with Gasteiger partial charge < -0.3 is 15.2 Å². The van der Waals surface area contributed by atoms with Gasteiger partial charge in [0, 0.05) is 11.1 Å². The minimum atomic E-state index is -0.238. The monoisotopic (exact) mass is 452 g/mol. The molecule has 3 rings (SSSR count). The summed E-state index contributed by atoms with van der Waals surface area (Å²) in [6.45, 7) is 14.4. The zero-order chi connectivity index (χ0) is 23.8. The molecular weight excluding hydrogens is 420 g/mol. The second-order valence-electron chi connectivity index (χ2n) is 10.1. The number of aromatic hydroxyl groups is 1. The number of thioether (sulfide) groups is 1. The number of carbonyl (C=O) groups is 1. The highest BCUT2D eigenvalue weighted by Crippen LogP contribution is 2.41. The van der Waals surface area contributed by atoms with Gasteiger partial charge in [-0.1, -0.05) is 47.6 Å². The van der Waals surface area contributed by atoms with Gasteiger partial charge in [-0.3, -0.25) is 4.79 Å². The van der Waals surface area contributed by atoms with E-state index < -0.39 is 0 Å². The van der Waals surface area contributed by atoms with Crippen molar-refractivity contribution in [2.75, 3.05) is 7.11 Å². The van der Waals surface area contributed by atoms with Crippen molar-refractivity contribution >= 4 is 34.6 Å². The predicted octanol–water partition coefficient (Wildman–Crippen LogP) is 6.20. The number of carbonyl (C=O) groups excluding carboxylic acids is 1. The molecule has 0 aliphatic carbocycles. The standard InChI is InChI=1S/C26H32N2O3S/c1-15-9-10-20(31-8)19(11-15)27-24-28-23(30)21(32-24)14-16-12-17(25(2,3)4)22(29)18(13-16)26(5,6)7/h9-14,29H,1-8H3,(H,27,28,30)/b21-14-. The molecule has 0 spiro atoms. The van der Waals surface area contributed by atoms with Crippen LogP contribution < -0.4 is 10.1 Å². The predicted molar refractivity (Wildman–Crippen MR) is 134 cm³/mol. The number of hydrogen-bond acceptors (Lipinski definition) is 5. The first-order valence-electron chi connectivity index (χ1n) is 10.6. The van der Waals surface area contributed by atoms with Gasteiger partial charge in [-0.2, -0.15) is 0 Å². The van der Waals surface area contributed by atoms with Crippen molar-refractivity contribution in [1.29, 1.82) is 0 Å². The molecule has 0 radical (unpaired) electrons. The molecule has 6 heteroatoms. The van der Waals surface area contributed by atoms with Crippen molar-refractivity contribution < 1.29 is 14.6 Å². The van der Waals surface area contributed by atoms with Crippen LogP contribution >= 0.6 is 11.8 Å². The van der Waals surface area contributed by atoms with E-state index in [4.69, 9.17) is 4.74 Å². The molecule has 0 aromatic heterocycles. The number of methoxy groups -OCH3 is 1. The lowest BCUT2D eigenvalue weighted by atomic mass is 9.78. The summed E-state index contributed by atoms with van der Waals surface area (Å²) in [4.78, 5) is 17.8. The molecule has 2 N–H and O–H groups in total. The summed E-state index contributed by atoms with van der Waals surface area (Å²) in [5, 5.41) is 14.3. The average molecular weight is 453 g/mol. The number of amidine groups is 1. The van der Waals surface area contributed by atoms with E-state index in [1.165, 1.54) is 11.8 Å². The van der Waals surface area contributed by atoms with Gasteiger partial charge in [-0.15, -0.1) is 0 Å². The third-order valence-corrected chi connectivity index (χ3v) is 6.16. The van der Waals surface area contributed by atoms with E-state index in [1.54, 1.807) is 7.11 Å². The van der Waals surface area contributed by atoms with Crippen molar-refractivity contribution in [3.05, 3.63) is 57.5 Å². The fourth-order valence-electron chi connectivity index (χ4n) is 3.51. The van der Waals surface area contributed by atoms with Gasteiger partial charge >= 0.3 is 0 Å². The number of ether oxygens (including phenoxy) is 1. The maximum Gasteiger partial charge on any atom is 0.264 e. The van der Waals surface area contributed by atoms with Crippen molar-refractivity contribution in [3.63, 3.8) is 0 Å². The SMILES string of the molecule is COc1ccc(C)cc1N=C1NC(=O)/C(=C/c2cc(C(C)(C)C)c(O)c(C(C)(C)C)c2)S1. The molecule has 170 valence electrons. The number of nitrogens with zero attached hydrogens (tertiary/aromatic N) is 1. The van der Waals surface area contributed by atoms with Crippen LogP contribution in [0.25, 0.3) is 6.08 Å². The maximum absolute atomic E-state index is 12.7. The molecular formula is C26H32N2O3S. The first-order chi connectivity index (χ1) is 14.8. The Hall–Kier alpha value is -2.73. The molecule has 2 aromatic rings. The van der Waals surface area contributed by atoms with Gasteiger partial charge in [0.15, 0.2) is 5.17 Å². The van der Waals surface area contributed by atoms with E-state index >= 15 is 0 Å². The van der Waals surface area contributed by atoms with Crippen LogP contribution in [0.5, 0.6) is 11.5 Å². The minimum Gasteiger partial charge on any atom is -0.507 e. The van der Waals surface area contributed by atoms with E-state index in [9.17, 15) is 9.90 Å². The zero-order valence-electron chi connectivity index (χ0n) is 20.1. The number of hydrogen-bond donors (Lipinski definition) is 2. The van der Waals surface area contributed by atoms with E-state index in [1.807, 2.05) is 43.3 Å². The molecule has 1 fully saturated rings. The summed E-state index contributed by atoms with van der Waals surface area (Å²) in [6, 6.07) is 9.67. The van der Waals surface area contributed by atoms with E-state index in [0.717, 1.165) is 22.3 Å². The topological polar surface area (TPSA) is 70.9 Å². The molecule has 0 saturated carbocycles. The highest BCUT2D eigenvalue weighted by molar-refractivity contribution is 8.18. The lowest BCUT2D eigenvalue weighted by molar-refractivity contribution is -0.115. The van der Waals surface area contributed by atoms with E-state index in [2.05, 4.69) is 51.9 Å². The van der Waals surface area contributed by atoms with E-state index in [0.29, 0.717) is 27.3 Å². The van der Waals surface area contributed by atoms with Crippen LogP contribution in [0.4, 0.5) is 5.69 Å². The summed E-state index contributed by atoms with van der Waals surface area (Å²) in [5.74, 6) is 0.783. The van der Waals surface area contributed by atoms with Crippen LogP contribution in [0.2, 0.25) is 0 Å². The highest BCUT2D eigenvalue weighted by Gasteiger charge is 2.28. The van der Waals surface area contributed by atoms with Gasteiger partial charge in [-0.25, -0.2) is 4.99 Å². The average Bonchev–Trinajstić information content (AvgIpc) is 3.00. The molecule has 2 aromatic carbocycles.